The van der Waals surface area contributed by atoms with Crippen molar-refractivity contribution < 1.29 is 13.9 Å². The van der Waals surface area contributed by atoms with E-state index in [1.54, 1.807) is 4.68 Å². The maximum atomic E-state index is 13.5. The number of para-hydroxylation sites is 1. The molecule has 1 aromatic heterocycles. The monoisotopic (exact) mass is 420 g/mol. The molecule has 1 aliphatic heterocycles. The number of aromatic nitrogens is 3. The molecule has 3 aromatic rings. The molecule has 2 aromatic carbocycles. The van der Waals surface area contributed by atoms with Crippen molar-refractivity contribution in [2.24, 2.45) is 0 Å². The molecule has 31 heavy (non-hydrogen) atoms. The molecular weight excluding hydrogens is 395 g/mol. The number of nitrogens with zero attached hydrogens (tertiary/aromatic N) is 3. The molecule has 1 saturated carbocycles. The van der Waals surface area contributed by atoms with Crippen LogP contribution >= 0.6 is 0 Å². The van der Waals surface area contributed by atoms with Crippen molar-refractivity contribution in [3.8, 4) is 5.69 Å². The molecule has 1 amide bonds. The van der Waals surface area contributed by atoms with Crippen LogP contribution in [0.25, 0.3) is 5.69 Å². The zero-order valence-electron chi connectivity index (χ0n) is 17.3. The number of halogens is 1. The van der Waals surface area contributed by atoms with Gasteiger partial charge in [0.2, 0.25) is 0 Å². The summed E-state index contributed by atoms with van der Waals surface area (Å²) in [4.78, 5) is 13.2. The van der Waals surface area contributed by atoms with Gasteiger partial charge in [-0.25, -0.2) is 9.07 Å². The van der Waals surface area contributed by atoms with Crippen LogP contribution in [-0.2, 0) is 10.2 Å². The molecule has 0 bridgehead atoms. The maximum absolute atomic E-state index is 13.5. The molecule has 5 rings (SSSR count). The second-order valence-electron chi connectivity index (χ2n) is 8.43. The van der Waals surface area contributed by atoms with Gasteiger partial charge in [0.05, 0.1) is 11.4 Å². The lowest BCUT2D eigenvalue weighted by Gasteiger charge is -2.38. The van der Waals surface area contributed by atoms with Gasteiger partial charge in [0, 0.05) is 31.1 Å². The van der Waals surface area contributed by atoms with Gasteiger partial charge in [-0.15, -0.1) is 5.10 Å². The number of amides is 1. The Kier molecular flexibility index (Phi) is 5.28. The fourth-order valence-electron chi connectivity index (χ4n) is 4.40. The number of carbonyl (C=O) groups is 1. The van der Waals surface area contributed by atoms with Gasteiger partial charge >= 0.3 is 0 Å². The summed E-state index contributed by atoms with van der Waals surface area (Å²) in [6, 6.07) is 16.4. The van der Waals surface area contributed by atoms with Crippen LogP contribution in [0.5, 0.6) is 0 Å². The van der Waals surface area contributed by atoms with Crippen molar-refractivity contribution in [1.29, 1.82) is 0 Å². The van der Waals surface area contributed by atoms with Crippen molar-refractivity contribution in [2.75, 3.05) is 19.8 Å². The molecule has 2 fully saturated rings. The van der Waals surface area contributed by atoms with Crippen molar-refractivity contribution in [1.82, 2.24) is 20.3 Å². The lowest BCUT2D eigenvalue weighted by atomic mass is 9.74. The quantitative estimate of drug-likeness (QED) is 0.659. The maximum Gasteiger partial charge on any atom is 0.273 e. The smallest absolute Gasteiger partial charge is 0.273 e. The van der Waals surface area contributed by atoms with Gasteiger partial charge in [0.25, 0.3) is 5.91 Å². The zero-order valence-corrected chi connectivity index (χ0v) is 17.3. The summed E-state index contributed by atoms with van der Waals surface area (Å²) in [6.45, 7) is 1.68. The molecule has 2 aliphatic rings. The van der Waals surface area contributed by atoms with Crippen LogP contribution in [0.15, 0.2) is 54.6 Å². The minimum Gasteiger partial charge on any atom is -0.381 e. The lowest BCUT2D eigenvalue weighted by Crippen LogP contribution is -2.44. The SMILES string of the molecule is O=C(NCC1(c2ccc(F)cc2)CCOCC1)c1nnn(-c2ccccc2)c1C1CC1. The third kappa shape index (κ3) is 3.97. The molecule has 0 unspecified atom stereocenters. The highest BCUT2D eigenvalue weighted by Gasteiger charge is 2.37. The molecule has 160 valence electrons. The Morgan fingerprint density at radius 3 is 2.48 bits per heavy atom. The van der Waals surface area contributed by atoms with Gasteiger partial charge in [0.15, 0.2) is 5.69 Å². The number of rotatable bonds is 6. The van der Waals surface area contributed by atoms with E-state index < -0.39 is 0 Å². The molecule has 0 atom stereocenters. The minimum atomic E-state index is -0.281. The minimum absolute atomic E-state index is 0.211. The summed E-state index contributed by atoms with van der Waals surface area (Å²) < 4.78 is 20.8. The predicted molar refractivity (Wildman–Crippen MR) is 114 cm³/mol. The first-order valence-corrected chi connectivity index (χ1v) is 10.8. The fraction of sp³-hybridized carbons (Fsp3) is 0.375. The highest BCUT2D eigenvalue weighted by Crippen LogP contribution is 2.42. The van der Waals surface area contributed by atoms with E-state index in [2.05, 4.69) is 15.6 Å². The van der Waals surface area contributed by atoms with E-state index in [1.807, 2.05) is 42.5 Å². The van der Waals surface area contributed by atoms with E-state index in [4.69, 9.17) is 4.74 Å². The molecule has 2 heterocycles. The molecule has 0 spiro atoms. The Morgan fingerprint density at radius 1 is 1.10 bits per heavy atom. The average molecular weight is 420 g/mol. The topological polar surface area (TPSA) is 69.0 Å². The predicted octanol–water partition coefficient (Wildman–Crippen LogP) is 3.76. The third-order valence-corrected chi connectivity index (χ3v) is 6.38. The first kappa shape index (κ1) is 19.9. The number of hydrogen-bond donors (Lipinski definition) is 1. The van der Waals surface area contributed by atoms with E-state index in [0.717, 1.165) is 42.6 Å². The largest absolute Gasteiger partial charge is 0.381 e. The van der Waals surface area contributed by atoms with Gasteiger partial charge in [-0.3, -0.25) is 4.79 Å². The molecular formula is C24H25FN4O2. The van der Waals surface area contributed by atoms with Gasteiger partial charge < -0.3 is 10.1 Å². The van der Waals surface area contributed by atoms with Crippen molar-refractivity contribution in [2.45, 2.75) is 37.0 Å². The van der Waals surface area contributed by atoms with Crippen LogP contribution in [0.1, 0.15) is 53.3 Å². The van der Waals surface area contributed by atoms with Crippen LogP contribution < -0.4 is 5.32 Å². The highest BCUT2D eigenvalue weighted by atomic mass is 19.1. The first-order valence-electron chi connectivity index (χ1n) is 10.8. The standard InChI is InChI=1S/C24H25FN4O2/c25-19-10-8-18(9-11-19)24(12-14-31-15-13-24)16-26-23(30)21-22(17-6-7-17)29(28-27-21)20-4-2-1-3-5-20/h1-5,8-11,17H,6-7,12-16H2,(H,26,30). The van der Waals surface area contributed by atoms with Crippen LogP contribution in [-0.4, -0.2) is 40.7 Å². The van der Waals surface area contributed by atoms with E-state index in [-0.39, 0.29) is 17.1 Å². The highest BCUT2D eigenvalue weighted by molar-refractivity contribution is 5.93. The summed E-state index contributed by atoms with van der Waals surface area (Å²) in [6.07, 6.45) is 3.62. The summed E-state index contributed by atoms with van der Waals surface area (Å²) in [7, 11) is 0. The zero-order chi connectivity index (χ0) is 21.3. The number of ether oxygens (including phenoxy) is 1. The van der Waals surface area contributed by atoms with Crippen molar-refractivity contribution in [3.05, 3.63) is 77.4 Å². The average Bonchev–Trinajstić information content (AvgIpc) is 3.56. The number of benzene rings is 2. The van der Waals surface area contributed by atoms with E-state index in [0.29, 0.717) is 31.4 Å². The Balaban J connectivity index is 1.40. The molecule has 7 heteroatoms. The summed E-state index contributed by atoms with van der Waals surface area (Å²) >= 11 is 0. The second-order valence-corrected chi connectivity index (χ2v) is 8.43. The molecule has 1 aliphatic carbocycles. The fourth-order valence-corrected chi connectivity index (χ4v) is 4.40. The van der Waals surface area contributed by atoms with Gasteiger partial charge in [-0.05, 0) is 55.5 Å². The summed E-state index contributed by atoms with van der Waals surface area (Å²) in [5.74, 6) is -0.163. The Morgan fingerprint density at radius 2 is 1.81 bits per heavy atom. The number of hydrogen-bond acceptors (Lipinski definition) is 4. The van der Waals surface area contributed by atoms with E-state index in [9.17, 15) is 9.18 Å². The van der Waals surface area contributed by atoms with Crippen LogP contribution in [0.3, 0.4) is 0 Å². The first-order chi connectivity index (χ1) is 15.2. The molecule has 1 N–H and O–H groups in total. The van der Waals surface area contributed by atoms with Gasteiger partial charge in [0.1, 0.15) is 5.82 Å². The van der Waals surface area contributed by atoms with Crippen LogP contribution in [0.4, 0.5) is 4.39 Å². The van der Waals surface area contributed by atoms with Crippen LogP contribution in [0.2, 0.25) is 0 Å². The lowest BCUT2D eigenvalue weighted by molar-refractivity contribution is 0.0486. The molecule has 1 saturated heterocycles. The summed E-state index contributed by atoms with van der Waals surface area (Å²) in [5, 5.41) is 11.7. The Hall–Kier alpha value is -3.06. The second kappa shape index (κ2) is 8.23. The third-order valence-electron chi connectivity index (χ3n) is 6.38. The van der Waals surface area contributed by atoms with Crippen molar-refractivity contribution >= 4 is 5.91 Å². The number of nitrogens with one attached hydrogen (secondary N) is 1. The van der Waals surface area contributed by atoms with Crippen LogP contribution in [0, 0.1) is 5.82 Å². The summed E-state index contributed by atoms with van der Waals surface area (Å²) in [5.41, 5.74) is 2.92. The normalized spacial score (nSPS) is 18.0. The van der Waals surface area contributed by atoms with Gasteiger partial charge in [-0.1, -0.05) is 35.5 Å². The number of carbonyl (C=O) groups excluding carboxylic acids is 1. The van der Waals surface area contributed by atoms with E-state index >= 15 is 0 Å². The van der Waals surface area contributed by atoms with E-state index in [1.165, 1.54) is 12.1 Å². The molecule has 0 radical (unpaired) electrons. The Bertz CT molecular complexity index is 1050. The van der Waals surface area contributed by atoms with Crippen molar-refractivity contribution in [3.63, 3.8) is 0 Å². The van der Waals surface area contributed by atoms with Gasteiger partial charge in [-0.2, -0.15) is 0 Å². The Labute approximate surface area is 180 Å². The molecule has 6 nitrogen and oxygen atoms in total.